The molecule has 0 aliphatic heterocycles. The summed E-state index contributed by atoms with van der Waals surface area (Å²) in [5.74, 6) is 0.631. The molecule has 3 rings (SSSR count). The van der Waals surface area contributed by atoms with Crippen LogP contribution in [0.2, 0.25) is 0 Å². The Morgan fingerprint density at radius 3 is 2.40 bits per heavy atom. The summed E-state index contributed by atoms with van der Waals surface area (Å²) in [5.41, 5.74) is 10.5. The SMILES string of the molecule is CC(C)(C)c1cc2oc(-c3ccccc3)nc2cc1N. The molecule has 3 heteroatoms. The van der Waals surface area contributed by atoms with Gasteiger partial charge in [-0.15, -0.1) is 0 Å². The maximum Gasteiger partial charge on any atom is 0.227 e. The highest BCUT2D eigenvalue weighted by molar-refractivity contribution is 5.81. The van der Waals surface area contributed by atoms with Gasteiger partial charge < -0.3 is 10.2 Å². The highest BCUT2D eigenvalue weighted by atomic mass is 16.3. The van der Waals surface area contributed by atoms with E-state index >= 15 is 0 Å². The number of nitrogen functional groups attached to an aromatic ring is 1. The molecule has 1 aromatic heterocycles. The fourth-order valence-corrected chi connectivity index (χ4v) is 2.34. The van der Waals surface area contributed by atoms with Crippen molar-refractivity contribution in [2.24, 2.45) is 0 Å². The van der Waals surface area contributed by atoms with E-state index in [4.69, 9.17) is 10.2 Å². The molecule has 0 radical (unpaired) electrons. The Balaban J connectivity index is 2.17. The molecule has 2 aromatic carbocycles. The van der Waals surface area contributed by atoms with Crippen molar-refractivity contribution in [2.45, 2.75) is 26.2 Å². The average Bonchev–Trinajstić information content (AvgIpc) is 2.80. The van der Waals surface area contributed by atoms with Gasteiger partial charge in [0.1, 0.15) is 5.52 Å². The van der Waals surface area contributed by atoms with Crippen molar-refractivity contribution in [3.8, 4) is 11.5 Å². The minimum absolute atomic E-state index is 0.0159. The van der Waals surface area contributed by atoms with Crippen LogP contribution in [0, 0.1) is 0 Å². The van der Waals surface area contributed by atoms with Crippen LogP contribution in [0.15, 0.2) is 46.9 Å². The van der Waals surface area contributed by atoms with Gasteiger partial charge in [0.25, 0.3) is 0 Å². The summed E-state index contributed by atoms with van der Waals surface area (Å²) in [6.07, 6.45) is 0. The van der Waals surface area contributed by atoms with E-state index in [2.05, 4.69) is 25.8 Å². The summed E-state index contributed by atoms with van der Waals surface area (Å²) >= 11 is 0. The Kier molecular flexibility index (Phi) is 2.78. The topological polar surface area (TPSA) is 52.0 Å². The molecule has 0 unspecified atom stereocenters. The summed E-state index contributed by atoms with van der Waals surface area (Å²) in [6.45, 7) is 6.41. The molecule has 0 spiro atoms. The van der Waals surface area contributed by atoms with Crippen LogP contribution in [-0.2, 0) is 5.41 Å². The van der Waals surface area contributed by atoms with Gasteiger partial charge in [-0.2, -0.15) is 0 Å². The van der Waals surface area contributed by atoms with Crippen LogP contribution < -0.4 is 5.73 Å². The number of benzene rings is 2. The van der Waals surface area contributed by atoms with E-state index in [0.29, 0.717) is 5.89 Å². The second-order valence-electron chi connectivity index (χ2n) is 6.04. The summed E-state index contributed by atoms with van der Waals surface area (Å²) in [5, 5.41) is 0. The van der Waals surface area contributed by atoms with Gasteiger partial charge in [-0.3, -0.25) is 0 Å². The zero-order valence-corrected chi connectivity index (χ0v) is 12.0. The number of rotatable bonds is 1. The van der Waals surface area contributed by atoms with Crippen LogP contribution in [0.25, 0.3) is 22.6 Å². The molecule has 3 aromatic rings. The van der Waals surface area contributed by atoms with Crippen molar-refractivity contribution in [3.63, 3.8) is 0 Å². The molecule has 102 valence electrons. The molecule has 2 N–H and O–H groups in total. The first-order chi connectivity index (χ1) is 9.45. The largest absolute Gasteiger partial charge is 0.436 e. The van der Waals surface area contributed by atoms with Gasteiger partial charge in [-0.05, 0) is 35.2 Å². The minimum Gasteiger partial charge on any atom is -0.436 e. The van der Waals surface area contributed by atoms with Gasteiger partial charge in [0.2, 0.25) is 5.89 Å². The lowest BCUT2D eigenvalue weighted by molar-refractivity contribution is 0.586. The highest BCUT2D eigenvalue weighted by Crippen LogP contribution is 2.33. The van der Waals surface area contributed by atoms with Gasteiger partial charge >= 0.3 is 0 Å². The molecule has 0 saturated heterocycles. The Bertz CT molecular complexity index is 752. The summed E-state index contributed by atoms with van der Waals surface area (Å²) < 4.78 is 5.88. The van der Waals surface area contributed by atoms with Gasteiger partial charge in [0, 0.05) is 11.3 Å². The molecule has 0 amide bonds. The number of nitrogens with zero attached hydrogens (tertiary/aromatic N) is 1. The minimum atomic E-state index is -0.0159. The lowest BCUT2D eigenvalue weighted by atomic mass is 9.86. The fraction of sp³-hybridized carbons (Fsp3) is 0.235. The Hall–Kier alpha value is -2.29. The highest BCUT2D eigenvalue weighted by Gasteiger charge is 2.19. The number of oxazole rings is 1. The second-order valence-corrected chi connectivity index (χ2v) is 6.04. The van der Waals surface area contributed by atoms with Gasteiger partial charge in [0.05, 0.1) is 0 Å². The normalized spacial score (nSPS) is 11.9. The van der Waals surface area contributed by atoms with E-state index in [0.717, 1.165) is 27.9 Å². The van der Waals surface area contributed by atoms with Crippen molar-refractivity contribution < 1.29 is 4.42 Å². The Labute approximate surface area is 118 Å². The molecule has 0 atom stereocenters. The molecule has 0 saturated carbocycles. The predicted molar refractivity (Wildman–Crippen MR) is 82.6 cm³/mol. The van der Waals surface area contributed by atoms with E-state index in [9.17, 15) is 0 Å². The fourth-order valence-electron chi connectivity index (χ4n) is 2.34. The average molecular weight is 266 g/mol. The van der Waals surface area contributed by atoms with Gasteiger partial charge in [0.15, 0.2) is 5.58 Å². The number of aromatic nitrogens is 1. The first-order valence-electron chi connectivity index (χ1n) is 6.71. The van der Waals surface area contributed by atoms with Crippen molar-refractivity contribution in [1.82, 2.24) is 4.98 Å². The number of nitrogens with two attached hydrogens (primary N) is 1. The standard InChI is InChI=1S/C17H18N2O/c1-17(2,3)12-9-15-14(10-13(12)18)19-16(20-15)11-7-5-4-6-8-11/h4-10H,18H2,1-3H3. The summed E-state index contributed by atoms with van der Waals surface area (Å²) in [7, 11) is 0. The number of anilines is 1. The molecule has 0 aliphatic rings. The molecular weight excluding hydrogens is 248 g/mol. The van der Waals surface area contributed by atoms with E-state index in [-0.39, 0.29) is 5.41 Å². The third-order valence-corrected chi connectivity index (χ3v) is 3.39. The molecule has 0 aliphatic carbocycles. The third kappa shape index (κ3) is 2.16. The summed E-state index contributed by atoms with van der Waals surface area (Å²) in [6, 6.07) is 13.8. The van der Waals surface area contributed by atoms with Crippen LogP contribution in [-0.4, -0.2) is 4.98 Å². The smallest absolute Gasteiger partial charge is 0.227 e. The lowest BCUT2D eigenvalue weighted by Gasteiger charge is -2.20. The zero-order valence-electron chi connectivity index (χ0n) is 12.0. The maximum atomic E-state index is 6.14. The predicted octanol–water partition coefficient (Wildman–Crippen LogP) is 4.37. The maximum absolute atomic E-state index is 6.14. The monoisotopic (exact) mass is 266 g/mol. The molecule has 0 bridgehead atoms. The molecule has 3 nitrogen and oxygen atoms in total. The number of hydrogen-bond acceptors (Lipinski definition) is 3. The van der Waals surface area contributed by atoms with Crippen molar-refractivity contribution in [2.75, 3.05) is 5.73 Å². The lowest BCUT2D eigenvalue weighted by Crippen LogP contribution is -2.13. The number of hydrogen-bond donors (Lipinski definition) is 1. The van der Waals surface area contributed by atoms with Crippen LogP contribution in [0.5, 0.6) is 0 Å². The van der Waals surface area contributed by atoms with E-state index < -0.39 is 0 Å². The van der Waals surface area contributed by atoms with Gasteiger partial charge in [-0.1, -0.05) is 39.0 Å². The molecule has 1 heterocycles. The third-order valence-electron chi connectivity index (χ3n) is 3.39. The molecule has 0 fully saturated rings. The number of fused-ring (bicyclic) bond motifs is 1. The zero-order chi connectivity index (χ0) is 14.3. The van der Waals surface area contributed by atoms with Crippen molar-refractivity contribution in [3.05, 3.63) is 48.0 Å². The van der Waals surface area contributed by atoms with Gasteiger partial charge in [-0.25, -0.2) is 4.98 Å². The molecule has 20 heavy (non-hydrogen) atoms. The summed E-state index contributed by atoms with van der Waals surface area (Å²) in [4.78, 5) is 4.52. The van der Waals surface area contributed by atoms with E-state index in [1.165, 1.54) is 0 Å². The Morgan fingerprint density at radius 2 is 1.75 bits per heavy atom. The van der Waals surface area contributed by atoms with E-state index in [1.807, 2.05) is 42.5 Å². The van der Waals surface area contributed by atoms with Crippen molar-refractivity contribution in [1.29, 1.82) is 0 Å². The first kappa shape index (κ1) is 12.7. The second kappa shape index (κ2) is 4.37. The van der Waals surface area contributed by atoms with Crippen LogP contribution in [0.1, 0.15) is 26.3 Å². The van der Waals surface area contributed by atoms with Crippen LogP contribution in [0.3, 0.4) is 0 Å². The van der Waals surface area contributed by atoms with Crippen molar-refractivity contribution >= 4 is 16.8 Å². The van der Waals surface area contributed by atoms with Crippen LogP contribution in [0.4, 0.5) is 5.69 Å². The first-order valence-corrected chi connectivity index (χ1v) is 6.71. The Morgan fingerprint density at radius 1 is 1.05 bits per heavy atom. The van der Waals surface area contributed by atoms with Crippen LogP contribution >= 0.6 is 0 Å². The quantitative estimate of drug-likeness (QED) is 0.665. The molecular formula is C17H18N2O. The van der Waals surface area contributed by atoms with E-state index in [1.54, 1.807) is 0 Å².